The molecule has 0 fully saturated rings. The Kier molecular flexibility index (Phi) is 2.89. The Bertz CT molecular complexity index is 477. The zero-order chi connectivity index (χ0) is 11.8. The van der Waals surface area contributed by atoms with Gasteiger partial charge in [0.15, 0.2) is 0 Å². The van der Waals surface area contributed by atoms with E-state index in [0.29, 0.717) is 0 Å². The lowest BCUT2D eigenvalue weighted by Crippen LogP contribution is -2.21. The Balaban J connectivity index is 2.35. The van der Waals surface area contributed by atoms with Crippen LogP contribution >= 0.6 is 15.9 Å². The average Bonchev–Trinajstić information content (AvgIpc) is 2.67. The van der Waals surface area contributed by atoms with Crippen molar-refractivity contribution in [2.24, 2.45) is 0 Å². The Morgan fingerprint density at radius 2 is 1.69 bits per heavy atom. The molecule has 0 amide bonds. The van der Waals surface area contributed by atoms with Crippen LogP contribution < -0.4 is 0 Å². The van der Waals surface area contributed by atoms with Crippen molar-refractivity contribution in [3.8, 4) is 11.1 Å². The fraction of sp³-hybridized carbons (Fsp3) is 0.308. The second kappa shape index (κ2) is 4.06. The summed E-state index contributed by atoms with van der Waals surface area (Å²) in [4.78, 5) is 0. The summed E-state index contributed by atoms with van der Waals surface area (Å²) in [5.74, 6) is 0. The van der Waals surface area contributed by atoms with Crippen LogP contribution in [0.2, 0.25) is 0 Å². The molecule has 3 heteroatoms. The molecule has 0 saturated carbocycles. The summed E-state index contributed by atoms with van der Waals surface area (Å²) in [5, 5.41) is 4.39. The summed E-state index contributed by atoms with van der Waals surface area (Å²) in [6.07, 6.45) is 4.00. The Morgan fingerprint density at radius 1 is 1.06 bits per heavy atom. The minimum atomic E-state index is 0.0353. The van der Waals surface area contributed by atoms with E-state index < -0.39 is 0 Å². The Labute approximate surface area is 104 Å². The van der Waals surface area contributed by atoms with E-state index in [2.05, 4.69) is 60.1 Å². The lowest BCUT2D eigenvalue weighted by molar-refractivity contribution is 0.355. The van der Waals surface area contributed by atoms with E-state index in [0.717, 1.165) is 10.0 Å². The maximum absolute atomic E-state index is 4.39. The maximum Gasteiger partial charge on any atom is 0.0568 e. The van der Waals surface area contributed by atoms with Gasteiger partial charge in [-0.15, -0.1) is 0 Å². The Morgan fingerprint density at radius 3 is 2.19 bits per heavy atom. The van der Waals surface area contributed by atoms with E-state index in [1.165, 1.54) is 5.56 Å². The molecule has 0 spiro atoms. The highest BCUT2D eigenvalue weighted by molar-refractivity contribution is 9.10. The van der Waals surface area contributed by atoms with E-state index in [9.17, 15) is 0 Å². The van der Waals surface area contributed by atoms with Crippen LogP contribution in [0.15, 0.2) is 41.1 Å². The van der Waals surface area contributed by atoms with Crippen LogP contribution in [0.25, 0.3) is 11.1 Å². The number of benzene rings is 1. The van der Waals surface area contributed by atoms with Crippen molar-refractivity contribution < 1.29 is 0 Å². The van der Waals surface area contributed by atoms with Crippen molar-refractivity contribution in [3.63, 3.8) is 0 Å². The van der Waals surface area contributed by atoms with Crippen molar-refractivity contribution in [2.75, 3.05) is 0 Å². The van der Waals surface area contributed by atoms with Crippen LogP contribution in [0.1, 0.15) is 20.8 Å². The number of rotatable bonds is 1. The molecule has 0 aliphatic carbocycles. The minimum absolute atomic E-state index is 0.0353. The van der Waals surface area contributed by atoms with Gasteiger partial charge in [-0.1, -0.05) is 28.1 Å². The molecule has 2 aromatic rings. The number of hydrogen-bond acceptors (Lipinski definition) is 1. The molecule has 0 bridgehead atoms. The predicted octanol–water partition coefficient (Wildman–Crippen LogP) is 4.07. The molecular formula is C13H15BrN2. The largest absolute Gasteiger partial charge is 0.267 e. The van der Waals surface area contributed by atoms with Gasteiger partial charge in [0.2, 0.25) is 0 Å². The van der Waals surface area contributed by atoms with Gasteiger partial charge in [0.1, 0.15) is 0 Å². The third-order valence-corrected chi connectivity index (χ3v) is 2.98. The van der Waals surface area contributed by atoms with Crippen LogP contribution in [-0.2, 0) is 5.54 Å². The van der Waals surface area contributed by atoms with E-state index in [1.54, 1.807) is 0 Å². The topological polar surface area (TPSA) is 17.8 Å². The molecule has 2 nitrogen and oxygen atoms in total. The molecule has 84 valence electrons. The molecule has 1 aromatic heterocycles. The first kappa shape index (κ1) is 11.4. The van der Waals surface area contributed by atoms with Gasteiger partial charge >= 0.3 is 0 Å². The van der Waals surface area contributed by atoms with Gasteiger partial charge in [0, 0.05) is 16.2 Å². The van der Waals surface area contributed by atoms with E-state index >= 15 is 0 Å². The highest BCUT2D eigenvalue weighted by Gasteiger charge is 2.14. The third kappa shape index (κ3) is 2.35. The van der Waals surface area contributed by atoms with Gasteiger partial charge in [-0.05, 0) is 38.5 Å². The van der Waals surface area contributed by atoms with Crippen LogP contribution in [0.4, 0.5) is 0 Å². The quantitative estimate of drug-likeness (QED) is 0.769. The average molecular weight is 279 g/mol. The minimum Gasteiger partial charge on any atom is -0.267 e. The first-order valence-corrected chi connectivity index (χ1v) is 6.07. The number of nitrogens with zero attached hydrogens (tertiary/aromatic N) is 2. The van der Waals surface area contributed by atoms with Crippen LogP contribution in [0.3, 0.4) is 0 Å². The van der Waals surface area contributed by atoms with E-state index in [1.807, 2.05) is 23.0 Å². The van der Waals surface area contributed by atoms with E-state index in [4.69, 9.17) is 0 Å². The van der Waals surface area contributed by atoms with Crippen LogP contribution in [0, 0.1) is 0 Å². The maximum atomic E-state index is 4.39. The summed E-state index contributed by atoms with van der Waals surface area (Å²) in [7, 11) is 0. The van der Waals surface area contributed by atoms with Gasteiger partial charge in [-0.3, -0.25) is 4.68 Å². The summed E-state index contributed by atoms with van der Waals surface area (Å²) >= 11 is 3.43. The monoisotopic (exact) mass is 278 g/mol. The smallest absolute Gasteiger partial charge is 0.0568 e. The van der Waals surface area contributed by atoms with Crippen molar-refractivity contribution in [1.29, 1.82) is 0 Å². The summed E-state index contributed by atoms with van der Waals surface area (Å²) in [5.41, 5.74) is 2.38. The lowest BCUT2D eigenvalue weighted by Gasteiger charge is -2.18. The van der Waals surface area contributed by atoms with Crippen molar-refractivity contribution in [1.82, 2.24) is 9.78 Å². The second-order valence-electron chi connectivity index (χ2n) is 4.85. The van der Waals surface area contributed by atoms with Crippen LogP contribution in [0.5, 0.6) is 0 Å². The van der Waals surface area contributed by atoms with Crippen molar-refractivity contribution in [3.05, 3.63) is 41.1 Å². The zero-order valence-corrected chi connectivity index (χ0v) is 11.3. The summed E-state index contributed by atoms with van der Waals surface area (Å²) in [6.45, 7) is 6.43. The fourth-order valence-corrected chi connectivity index (χ4v) is 1.75. The van der Waals surface area contributed by atoms with Gasteiger partial charge < -0.3 is 0 Å². The molecule has 1 aromatic carbocycles. The SMILES string of the molecule is CC(C)(C)n1cc(-c2ccc(Br)cc2)cn1. The molecule has 0 atom stereocenters. The van der Waals surface area contributed by atoms with Crippen LogP contribution in [-0.4, -0.2) is 9.78 Å². The molecule has 0 aliphatic heterocycles. The fourth-order valence-electron chi connectivity index (χ4n) is 1.48. The molecule has 0 aliphatic rings. The van der Waals surface area contributed by atoms with Gasteiger partial charge in [-0.25, -0.2) is 0 Å². The molecule has 0 saturated heterocycles. The molecule has 0 radical (unpaired) electrons. The third-order valence-electron chi connectivity index (χ3n) is 2.45. The summed E-state index contributed by atoms with van der Waals surface area (Å²) < 4.78 is 3.09. The first-order chi connectivity index (χ1) is 7.47. The lowest BCUT2D eigenvalue weighted by atomic mass is 10.1. The normalized spacial score (nSPS) is 11.8. The highest BCUT2D eigenvalue weighted by Crippen LogP contribution is 2.23. The number of halogens is 1. The predicted molar refractivity (Wildman–Crippen MR) is 70.4 cm³/mol. The molecular weight excluding hydrogens is 264 g/mol. The second-order valence-corrected chi connectivity index (χ2v) is 5.77. The summed E-state index contributed by atoms with van der Waals surface area (Å²) in [6, 6.07) is 8.27. The van der Waals surface area contributed by atoms with Gasteiger partial charge in [0.25, 0.3) is 0 Å². The van der Waals surface area contributed by atoms with Crippen molar-refractivity contribution in [2.45, 2.75) is 26.3 Å². The van der Waals surface area contributed by atoms with E-state index in [-0.39, 0.29) is 5.54 Å². The molecule has 16 heavy (non-hydrogen) atoms. The number of hydrogen-bond donors (Lipinski definition) is 0. The van der Waals surface area contributed by atoms with Gasteiger partial charge in [-0.2, -0.15) is 5.10 Å². The highest BCUT2D eigenvalue weighted by atomic mass is 79.9. The van der Waals surface area contributed by atoms with Gasteiger partial charge in [0.05, 0.1) is 11.7 Å². The molecule has 1 heterocycles. The number of aromatic nitrogens is 2. The Hall–Kier alpha value is -1.09. The first-order valence-electron chi connectivity index (χ1n) is 5.28. The zero-order valence-electron chi connectivity index (χ0n) is 9.74. The standard InChI is InChI=1S/C13H15BrN2/c1-13(2,3)16-9-11(8-15-16)10-4-6-12(14)7-5-10/h4-9H,1-3H3. The molecule has 0 unspecified atom stereocenters. The van der Waals surface area contributed by atoms with Crippen molar-refractivity contribution >= 4 is 15.9 Å². The molecule has 2 rings (SSSR count). The molecule has 0 N–H and O–H groups in total.